The number of ether oxygens (including phenoxy) is 1. The van der Waals surface area contributed by atoms with Crippen molar-refractivity contribution in [2.75, 3.05) is 0 Å². The second-order valence-electron chi connectivity index (χ2n) is 4.86. The van der Waals surface area contributed by atoms with Crippen molar-refractivity contribution in [1.29, 1.82) is 0 Å². The molecule has 0 N–H and O–H groups in total. The largest absolute Gasteiger partial charge is 0.487 e. The lowest BCUT2D eigenvalue weighted by Gasteiger charge is -2.13. The Kier molecular flexibility index (Phi) is 3.65. The number of carbonyl (C=O) groups excluding carboxylic acids is 1. The molecule has 3 nitrogen and oxygen atoms in total. The van der Waals surface area contributed by atoms with E-state index in [9.17, 15) is 4.79 Å². The molecule has 2 aromatic carbocycles. The SMILES string of the molecule is CC(=O)c1ccc2ccccc2c1OCc1ccncc1. The van der Waals surface area contributed by atoms with E-state index in [1.807, 2.05) is 48.5 Å². The number of rotatable bonds is 4. The number of benzene rings is 2. The third-order valence-corrected chi connectivity index (χ3v) is 3.39. The first-order valence-corrected chi connectivity index (χ1v) is 6.80. The maximum absolute atomic E-state index is 11.8. The standard InChI is InChI=1S/C18H15NO2/c1-13(20)16-7-6-15-4-2-3-5-17(15)18(16)21-12-14-8-10-19-11-9-14/h2-11H,12H2,1H3. The Hall–Kier alpha value is -2.68. The maximum atomic E-state index is 11.8. The number of ketones is 1. The van der Waals surface area contributed by atoms with Crippen LogP contribution in [0.1, 0.15) is 22.8 Å². The summed E-state index contributed by atoms with van der Waals surface area (Å²) in [5.74, 6) is 0.655. The Bertz CT molecular complexity index is 782. The molecule has 3 heteroatoms. The highest BCUT2D eigenvalue weighted by molar-refractivity contribution is 6.03. The average Bonchev–Trinajstić information content (AvgIpc) is 2.53. The molecule has 0 spiro atoms. The van der Waals surface area contributed by atoms with Gasteiger partial charge in [-0.25, -0.2) is 0 Å². The van der Waals surface area contributed by atoms with E-state index in [0.717, 1.165) is 16.3 Å². The van der Waals surface area contributed by atoms with Crippen molar-refractivity contribution in [3.8, 4) is 5.75 Å². The second kappa shape index (κ2) is 5.75. The average molecular weight is 277 g/mol. The van der Waals surface area contributed by atoms with Gasteiger partial charge in [0.25, 0.3) is 0 Å². The molecule has 3 rings (SSSR count). The number of pyridine rings is 1. The summed E-state index contributed by atoms with van der Waals surface area (Å²) in [7, 11) is 0. The van der Waals surface area contributed by atoms with Crippen molar-refractivity contribution in [1.82, 2.24) is 4.98 Å². The van der Waals surface area contributed by atoms with Gasteiger partial charge in [-0.15, -0.1) is 0 Å². The minimum atomic E-state index is 0.00508. The molecule has 0 radical (unpaired) electrons. The highest BCUT2D eigenvalue weighted by Gasteiger charge is 2.12. The minimum absolute atomic E-state index is 0.00508. The van der Waals surface area contributed by atoms with Crippen LogP contribution in [-0.2, 0) is 6.61 Å². The molecule has 0 unspecified atom stereocenters. The molecule has 1 heterocycles. The fourth-order valence-corrected chi connectivity index (χ4v) is 2.31. The number of carbonyl (C=O) groups is 1. The van der Waals surface area contributed by atoms with Crippen molar-refractivity contribution < 1.29 is 9.53 Å². The first-order chi connectivity index (χ1) is 10.3. The molecule has 0 aliphatic rings. The third-order valence-electron chi connectivity index (χ3n) is 3.39. The van der Waals surface area contributed by atoms with E-state index in [1.54, 1.807) is 19.3 Å². The fourth-order valence-electron chi connectivity index (χ4n) is 2.31. The van der Waals surface area contributed by atoms with Crippen LogP contribution in [-0.4, -0.2) is 10.8 Å². The van der Waals surface area contributed by atoms with Crippen LogP contribution in [0, 0.1) is 0 Å². The van der Waals surface area contributed by atoms with Gasteiger partial charge >= 0.3 is 0 Å². The van der Waals surface area contributed by atoms with Gasteiger partial charge in [0.2, 0.25) is 0 Å². The molecule has 0 atom stereocenters. The van der Waals surface area contributed by atoms with Gasteiger partial charge in [0, 0.05) is 17.8 Å². The molecule has 0 aliphatic heterocycles. The summed E-state index contributed by atoms with van der Waals surface area (Å²) in [6.45, 7) is 1.97. The molecule has 0 saturated carbocycles. The number of aromatic nitrogens is 1. The predicted molar refractivity (Wildman–Crippen MR) is 82.5 cm³/mol. The topological polar surface area (TPSA) is 39.2 Å². The van der Waals surface area contributed by atoms with Crippen LogP contribution in [0.5, 0.6) is 5.75 Å². The smallest absolute Gasteiger partial charge is 0.163 e. The molecule has 0 fully saturated rings. The Labute approximate surface area is 123 Å². The van der Waals surface area contributed by atoms with E-state index in [0.29, 0.717) is 17.9 Å². The van der Waals surface area contributed by atoms with E-state index < -0.39 is 0 Å². The van der Waals surface area contributed by atoms with Gasteiger partial charge in [-0.05, 0) is 36.1 Å². The maximum Gasteiger partial charge on any atom is 0.163 e. The van der Waals surface area contributed by atoms with E-state index in [-0.39, 0.29) is 5.78 Å². The Morgan fingerprint density at radius 2 is 1.81 bits per heavy atom. The van der Waals surface area contributed by atoms with Crippen LogP contribution in [0.4, 0.5) is 0 Å². The molecule has 0 aliphatic carbocycles. The predicted octanol–water partition coefficient (Wildman–Crippen LogP) is 4.02. The van der Waals surface area contributed by atoms with Crippen molar-refractivity contribution in [2.24, 2.45) is 0 Å². The second-order valence-corrected chi connectivity index (χ2v) is 4.86. The summed E-state index contributed by atoms with van der Waals surface area (Å²) in [6, 6.07) is 15.5. The Morgan fingerprint density at radius 1 is 1.05 bits per heavy atom. The highest BCUT2D eigenvalue weighted by atomic mass is 16.5. The van der Waals surface area contributed by atoms with Crippen LogP contribution in [0.15, 0.2) is 60.9 Å². The van der Waals surface area contributed by atoms with Crippen molar-refractivity contribution in [3.05, 3.63) is 72.1 Å². The van der Waals surface area contributed by atoms with Gasteiger partial charge in [-0.2, -0.15) is 0 Å². The summed E-state index contributed by atoms with van der Waals surface area (Å²) in [6.07, 6.45) is 3.46. The Morgan fingerprint density at radius 3 is 2.57 bits per heavy atom. The lowest BCUT2D eigenvalue weighted by Crippen LogP contribution is -2.02. The zero-order valence-corrected chi connectivity index (χ0v) is 11.7. The highest BCUT2D eigenvalue weighted by Crippen LogP contribution is 2.30. The van der Waals surface area contributed by atoms with E-state index in [1.165, 1.54) is 0 Å². The van der Waals surface area contributed by atoms with Crippen LogP contribution in [0.3, 0.4) is 0 Å². The lowest BCUT2D eigenvalue weighted by atomic mass is 10.0. The quantitative estimate of drug-likeness (QED) is 0.676. The van der Waals surface area contributed by atoms with Crippen LogP contribution in [0.2, 0.25) is 0 Å². The summed E-state index contributed by atoms with van der Waals surface area (Å²) in [5, 5.41) is 2.02. The minimum Gasteiger partial charge on any atom is -0.487 e. The van der Waals surface area contributed by atoms with Crippen LogP contribution in [0.25, 0.3) is 10.8 Å². The zero-order chi connectivity index (χ0) is 14.7. The van der Waals surface area contributed by atoms with E-state index in [4.69, 9.17) is 4.74 Å². The molecular formula is C18H15NO2. The Balaban J connectivity index is 2.02. The van der Waals surface area contributed by atoms with E-state index in [2.05, 4.69) is 4.98 Å². The summed E-state index contributed by atoms with van der Waals surface area (Å²) < 4.78 is 5.95. The molecule has 3 aromatic rings. The number of fused-ring (bicyclic) bond motifs is 1. The fraction of sp³-hybridized carbons (Fsp3) is 0.111. The van der Waals surface area contributed by atoms with Gasteiger partial charge in [0.1, 0.15) is 12.4 Å². The normalized spacial score (nSPS) is 10.5. The number of nitrogens with zero attached hydrogens (tertiary/aromatic N) is 1. The molecule has 104 valence electrons. The van der Waals surface area contributed by atoms with Crippen molar-refractivity contribution >= 4 is 16.6 Å². The van der Waals surface area contributed by atoms with Crippen LogP contribution >= 0.6 is 0 Å². The summed E-state index contributed by atoms with van der Waals surface area (Å²) in [4.78, 5) is 15.8. The molecule has 0 bridgehead atoms. The first-order valence-electron chi connectivity index (χ1n) is 6.80. The first kappa shape index (κ1) is 13.3. The van der Waals surface area contributed by atoms with E-state index >= 15 is 0 Å². The number of Topliss-reactive ketones (excluding diaryl/α,β-unsaturated/α-hetero) is 1. The number of hydrogen-bond donors (Lipinski definition) is 0. The van der Waals surface area contributed by atoms with Crippen molar-refractivity contribution in [2.45, 2.75) is 13.5 Å². The molecule has 0 saturated heterocycles. The molecular weight excluding hydrogens is 262 g/mol. The van der Waals surface area contributed by atoms with Gasteiger partial charge in [0.05, 0.1) is 5.56 Å². The van der Waals surface area contributed by atoms with Gasteiger partial charge < -0.3 is 4.74 Å². The number of hydrogen-bond acceptors (Lipinski definition) is 3. The van der Waals surface area contributed by atoms with Gasteiger partial charge in [-0.1, -0.05) is 30.3 Å². The third kappa shape index (κ3) is 2.77. The lowest BCUT2D eigenvalue weighted by molar-refractivity contribution is 0.101. The molecule has 1 aromatic heterocycles. The molecule has 0 amide bonds. The summed E-state index contributed by atoms with van der Waals surface area (Å²) in [5.41, 5.74) is 1.63. The molecule has 21 heavy (non-hydrogen) atoms. The van der Waals surface area contributed by atoms with Crippen LogP contribution < -0.4 is 4.74 Å². The van der Waals surface area contributed by atoms with Gasteiger partial charge in [-0.3, -0.25) is 9.78 Å². The van der Waals surface area contributed by atoms with Gasteiger partial charge in [0.15, 0.2) is 5.78 Å². The zero-order valence-electron chi connectivity index (χ0n) is 11.7. The summed E-state index contributed by atoms with van der Waals surface area (Å²) >= 11 is 0. The monoisotopic (exact) mass is 277 g/mol. The van der Waals surface area contributed by atoms with Crippen molar-refractivity contribution in [3.63, 3.8) is 0 Å².